The lowest BCUT2D eigenvalue weighted by Gasteiger charge is -2.16. The summed E-state index contributed by atoms with van der Waals surface area (Å²) in [5.41, 5.74) is -6.10. The molecule has 0 saturated heterocycles. The number of ether oxygens (including phenoxy) is 2. The van der Waals surface area contributed by atoms with Gasteiger partial charge in [-0.05, 0) is 35.4 Å². The van der Waals surface area contributed by atoms with E-state index in [0.29, 0.717) is 0 Å². The molecule has 2 aliphatic rings. The molecule has 0 N–H and O–H groups in total. The predicted molar refractivity (Wildman–Crippen MR) is 163 cm³/mol. The number of alkyl halides is 6. The third-order valence-electron chi connectivity index (χ3n) is 7.65. The van der Waals surface area contributed by atoms with Crippen LogP contribution in [0.2, 0.25) is 0 Å². The van der Waals surface area contributed by atoms with Crippen LogP contribution in [0.15, 0.2) is 59.7 Å². The van der Waals surface area contributed by atoms with Crippen molar-refractivity contribution in [2.75, 3.05) is 0 Å². The zero-order chi connectivity index (χ0) is 38.1. The van der Waals surface area contributed by atoms with Gasteiger partial charge in [0, 0.05) is 44.5 Å². The second-order valence-electron chi connectivity index (χ2n) is 10.3. The van der Waals surface area contributed by atoms with Crippen molar-refractivity contribution in [3.8, 4) is 60.1 Å². The van der Waals surface area contributed by atoms with Gasteiger partial charge in [-0.25, -0.2) is 0 Å². The summed E-state index contributed by atoms with van der Waals surface area (Å²) >= 11 is 0. The van der Waals surface area contributed by atoms with Crippen molar-refractivity contribution in [1.82, 2.24) is 0 Å². The minimum absolute atomic E-state index is 0.0587. The van der Waals surface area contributed by atoms with Gasteiger partial charge >= 0.3 is 12.7 Å². The third kappa shape index (κ3) is 5.75. The van der Waals surface area contributed by atoms with Crippen molar-refractivity contribution in [3.63, 3.8) is 0 Å². The van der Waals surface area contributed by atoms with Gasteiger partial charge in [-0.3, -0.25) is 0 Å². The summed E-state index contributed by atoms with van der Waals surface area (Å²) < 4.78 is 85.0. The molecule has 0 amide bonds. The molecule has 0 saturated carbocycles. The summed E-state index contributed by atoms with van der Waals surface area (Å²) in [4.78, 5) is 0. The number of nitrogens with zero attached hydrogens (tertiary/aromatic N) is 8. The standard InChI is InChI=1S/C36H8F6N8O2/c37-35(38,39)51-21-5-1-17(2-6-21)27-23(13-47)31-25(15-49)34-30(20(11-45)12-46)28(18-3-7-22(8-4-18)52-36(40,41)42)24(14-48)32(34)26(16-50)33(31)29(27)19(9-43)10-44/h1-8H. The van der Waals surface area contributed by atoms with Crippen molar-refractivity contribution in [1.29, 1.82) is 42.1 Å². The number of allylic oxidation sites excluding steroid dienone is 8. The number of nitriles is 8. The van der Waals surface area contributed by atoms with Crippen LogP contribution in [0, 0.1) is 90.6 Å². The Morgan fingerprint density at radius 2 is 0.750 bits per heavy atom. The van der Waals surface area contributed by atoms with Crippen molar-refractivity contribution in [2.45, 2.75) is 12.7 Å². The van der Waals surface area contributed by atoms with Crippen molar-refractivity contribution in [3.05, 3.63) is 104 Å². The second-order valence-corrected chi connectivity index (χ2v) is 10.3. The molecule has 0 unspecified atom stereocenters. The van der Waals surface area contributed by atoms with E-state index in [4.69, 9.17) is 0 Å². The highest BCUT2D eigenvalue weighted by Crippen LogP contribution is 2.58. The molecule has 16 heteroatoms. The molecule has 0 heterocycles. The van der Waals surface area contributed by atoms with Gasteiger partial charge in [0.1, 0.15) is 71.2 Å². The van der Waals surface area contributed by atoms with Crippen molar-refractivity contribution in [2.24, 2.45) is 0 Å². The van der Waals surface area contributed by atoms with Crippen LogP contribution in [0.1, 0.15) is 44.5 Å². The number of halogens is 6. The fourth-order valence-electron chi connectivity index (χ4n) is 5.94. The first-order valence-corrected chi connectivity index (χ1v) is 13.9. The van der Waals surface area contributed by atoms with E-state index in [1.54, 1.807) is 24.3 Å². The molecule has 246 valence electrons. The molecule has 0 aromatic heterocycles. The van der Waals surface area contributed by atoms with E-state index in [2.05, 4.69) is 9.47 Å². The average molecular weight is 699 g/mol. The Balaban J connectivity index is 1.95. The van der Waals surface area contributed by atoms with Gasteiger partial charge in [0.05, 0.1) is 22.3 Å². The SMILES string of the molecule is N#CC(C#N)=C1C(c2ccc(OC(F)(F)F)cc2)=C(C#N)c2c(C#N)c3c(c(C#N)c21)C(C#N)=C(c1ccc(OC(F)(F)F)cc1)C3=C(C#N)C#N. The van der Waals surface area contributed by atoms with Crippen LogP contribution < -0.4 is 9.47 Å². The molecule has 52 heavy (non-hydrogen) atoms. The second kappa shape index (κ2) is 13.0. The largest absolute Gasteiger partial charge is 0.573 e. The van der Waals surface area contributed by atoms with Gasteiger partial charge in [-0.2, -0.15) is 42.1 Å². The lowest BCUT2D eigenvalue weighted by Crippen LogP contribution is -2.17. The molecule has 3 aromatic rings. The number of rotatable bonds is 4. The number of benzene rings is 3. The summed E-state index contributed by atoms with van der Waals surface area (Å²) in [5.74, 6) is -1.34. The molecule has 5 rings (SSSR count). The zero-order valence-electron chi connectivity index (χ0n) is 25.3. The van der Waals surface area contributed by atoms with E-state index in [9.17, 15) is 68.4 Å². The molecule has 0 radical (unpaired) electrons. The Bertz CT molecular complexity index is 2390. The van der Waals surface area contributed by atoms with Crippen LogP contribution in [0.4, 0.5) is 26.3 Å². The van der Waals surface area contributed by atoms with Crippen LogP contribution in [0.25, 0.3) is 33.4 Å². The first-order valence-electron chi connectivity index (χ1n) is 13.9. The highest BCUT2D eigenvalue weighted by atomic mass is 19.4. The van der Waals surface area contributed by atoms with Crippen LogP contribution in [-0.2, 0) is 0 Å². The summed E-state index contributed by atoms with van der Waals surface area (Å²) in [6, 6.07) is 21.8. The first kappa shape index (κ1) is 35.0. The molecule has 0 bridgehead atoms. The maximum absolute atomic E-state index is 12.9. The van der Waals surface area contributed by atoms with Gasteiger partial charge in [0.15, 0.2) is 0 Å². The monoisotopic (exact) mass is 698 g/mol. The normalized spacial score (nSPS) is 12.8. The van der Waals surface area contributed by atoms with Gasteiger partial charge in [-0.1, -0.05) is 24.3 Å². The number of hydrogen-bond acceptors (Lipinski definition) is 10. The summed E-state index contributed by atoms with van der Waals surface area (Å²) in [7, 11) is 0. The van der Waals surface area contributed by atoms with Crippen molar-refractivity contribution < 1.29 is 35.8 Å². The summed E-state index contributed by atoms with van der Waals surface area (Å²) in [6.07, 6.45) is -10.1. The number of fused-ring (bicyclic) bond motifs is 2. The fraction of sp³-hybridized carbons (Fsp3) is 0.0556. The molecule has 0 atom stereocenters. The van der Waals surface area contributed by atoms with E-state index < -0.39 is 57.6 Å². The minimum atomic E-state index is -5.06. The van der Waals surface area contributed by atoms with Crippen LogP contribution >= 0.6 is 0 Å². The molecular weight excluding hydrogens is 690 g/mol. The Morgan fingerprint density at radius 1 is 0.442 bits per heavy atom. The van der Waals surface area contributed by atoms with Crippen LogP contribution in [0.3, 0.4) is 0 Å². The van der Waals surface area contributed by atoms with E-state index in [1.165, 1.54) is 0 Å². The van der Waals surface area contributed by atoms with E-state index in [0.717, 1.165) is 48.5 Å². The van der Waals surface area contributed by atoms with E-state index in [1.807, 2.05) is 24.3 Å². The Labute approximate surface area is 288 Å². The van der Waals surface area contributed by atoms with Crippen LogP contribution in [-0.4, -0.2) is 12.7 Å². The third-order valence-corrected chi connectivity index (χ3v) is 7.65. The lowest BCUT2D eigenvalue weighted by atomic mass is 9.82. The van der Waals surface area contributed by atoms with E-state index >= 15 is 0 Å². The Hall–Kier alpha value is -8.28. The number of hydrogen-bond donors (Lipinski definition) is 0. The Kier molecular flexibility index (Phi) is 8.74. The molecule has 10 nitrogen and oxygen atoms in total. The molecule has 0 aliphatic heterocycles. The molecule has 0 spiro atoms. The first-order chi connectivity index (χ1) is 24.7. The predicted octanol–water partition coefficient (Wildman–Crippen LogP) is 7.72. The van der Waals surface area contributed by atoms with Gasteiger partial charge in [-0.15, -0.1) is 26.3 Å². The topological polar surface area (TPSA) is 209 Å². The Morgan fingerprint density at radius 3 is 0.981 bits per heavy atom. The minimum Gasteiger partial charge on any atom is -0.406 e. The quantitative estimate of drug-likeness (QED) is 0.191. The van der Waals surface area contributed by atoms with E-state index in [-0.39, 0.29) is 55.7 Å². The lowest BCUT2D eigenvalue weighted by molar-refractivity contribution is -0.275. The zero-order valence-corrected chi connectivity index (χ0v) is 25.3. The summed E-state index contributed by atoms with van der Waals surface area (Å²) in [5, 5.41) is 82.3. The maximum atomic E-state index is 12.9. The fourth-order valence-corrected chi connectivity index (χ4v) is 5.94. The smallest absolute Gasteiger partial charge is 0.406 e. The van der Waals surface area contributed by atoms with Gasteiger partial charge in [0.2, 0.25) is 0 Å². The van der Waals surface area contributed by atoms with Crippen LogP contribution in [0.5, 0.6) is 11.5 Å². The highest BCUT2D eigenvalue weighted by Gasteiger charge is 2.43. The van der Waals surface area contributed by atoms with Gasteiger partial charge in [0.25, 0.3) is 0 Å². The average Bonchev–Trinajstić information content (AvgIpc) is 3.61. The molecule has 2 aliphatic carbocycles. The molecule has 0 fully saturated rings. The maximum Gasteiger partial charge on any atom is 0.573 e. The summed E-state index contributed by atoms with van der Waals surface area (Å²) in [6.45, 7) is 0. The van der Waals surface area contributed by atoms with Gasteiger partial charge < -0.3 is 9.47 Å². The van der Waals surface area contributed by atoms with Crippen molar-refractivity contribution >= 4 is 33.4 Å². The highest BCUT2D eigenvalue weighted by molar-refractivity contribution is 6.32. The molecule has 3 aromatic carbocycles. The molecular formula is C36H8F6N8O2.